The van der Waals surface area contributed by atoms with Gasteiger partial charge in [-0.1, -0.05) is 36.4 Å². The van der Waals surface area contributed by atoms with Gasteiger partial charge in [0.15, 0.2) is 5.78 Å². The monoisotopic (exact) mass is 398 g/mol. The lowest BCUT2D eigenvalue weighted by Gasteiger charge is -2.53. The topological polar surface area (TPSA) is 60.9 Å². The molecule has 2 aromatic rings. The van der Waals surface area contributed by atoms with E-state index in [1.807, 2.05) is 0 Å². The summed E-state index contributed by atoms with van der Waals surface area (Å²) in [5.41, 5.74) is -3.31. The van der Waals surface area contributed by atoms with Crippen LogP contribution in [0.3, 0.4) is 0 Å². The third-order valence-corrected chi connectivity index (χ3v) is 5.76. The molecule has 9 heteroatoms. The highest BCUT2D eigenvalue weighted by Crippen LogP contribution is 2.50. The molecule has 2 amide bonds. The number of halogens is 3. The maximum Gasteiger partial charge on any atom is 0.437 e. The first-order valence-electron chi connectivity index (χ1n) is 8.03. The summed E-state index contributed by atoms with van der Waals surface area (Å²) in [6, 6.07) is 8.58. The molecule has 0 spiro atoms. The number of ketones is 1. The molecule has 3 atom stereocenters. The second-order valence-electron chi connectivity index (χ2n) is 6.35. The zero-order chi connectivity index (χ0) is 20.0. The van der Waals surface area contributed by atoms with Crippen molar-refractivity contribution in [1.29, 1.82) is 0 Å². The first-order valence-corrected chi connectivity index (χ1v) is 8.91. The van der Waals surface area contributed by atoms with Crippen LogP contribution in [0.1, 0.15) is 21.3 Å². The number of aliphatic hydroxyl groups is 1. The van der Waals surface area contributed by atoms with Crippen LogP contribution in [0, 0.1) is 5.92 Å². The van der Waals surface area contributed by atoms with Crippen LogP contribution >= 0.6 is 11.3 Å². The van der Waals surface area contributed by atoms with Crippen molar-refractivity contribution in [3.63, 3.8) is 0 Å². The highest BCUT2D eigenvalue weighted by atomic mass is 32.1. The van der Waals surface area contributed by atoms with E-state index in [2.05, 4.69) is 0 Å². The molecule has 2 heterocycles. The number of hydrogen-bond acceptors (Lipinski definition) is 4. The van der Waals surface area contributed by atoms with Crippen LogP contribution in [0.5, 0.6) is 0 Å². The Balaban J connectivity index is 2.25. The molecule has 0 saturated carbocycles. The Bertz CT molecular complexity index is 841. The maximum absolute atomic E-state index is 14.0. The summed E-state index contributed by atoms with van der Waals surface area (Å²) in [4.78, 5) is 26.9. The Kier molecular flexibility index (Phi) is 4.77. The summed E-state index contributed by atoms with van der Waals surface area (Å²) in [6.45, 7) is 0. The third kappa shape index (κ3) is 2.90. The zero-order valence-corrected chi connectivity index (χ0v) is 15.3. The highest BCUT2D eigenvalue weighted by molar-refractivity contribution is 7.12. The Morgan fingerprint density at radius 3 is 2.30 bits per heavy atom. The average molecular weight is 398 g/mol. The molecule has 1 fully saturated rings. The lowest BCUT2D eigenvalue weighted by atomic mass is 9.77. The summed E-state index contributed by atoms with van der Waals surface area (Å²) in [6.07, 6.45) is -5.23. The summed E-state index contributed by atoms with van der Waals surface area (Å²) < 4.78 is 42.0. The van der Waals surface area contributed by atoms with Crippen molar-refractivity contribution in [3.05, 3.63) is 58.3 Å². The lowest BCUT2D eigenvalue weighted by Crippen LogP contribution is -2.72. The molecule has 3 rings (SSSR count). The third-order valence-electron chi connectivity index (χ3n) is 4.87. The van der Waals surface area contributed by atoms with Gasteiger partial charge in [-0.05, 0) is 17.0 Å². The number of nitrogens with zero attached hydrogens (tertiary/aromatic N) is 2. The van der Waals surface area contributed by atoms with Gasteiger partial charge in [0, 0.05) is 14.1 Å². The van der Waals surface area contributed by atoms with Crippen molar-refractivity contribution in [2.45, 2.75) is 17.9 Å². The van der Waals surface area contributed by atoms with Crippen molar-refractivity contribution in [2.75, 3.05) is 14.1 Å². The number of carbonyl (C=O) groups is 2. The highest BCUT2D eigenvalue weighted by Gasteiger charge is 2.70. The molecule has 5 nitrogen and oxygen atoms in total. The fourth-order valence-corrected chi connectivity index (χ4v) is 4.19. The van der Waals surface area contributed by atoms with E-state index >= 15 is 0 Å². The van der Waals surface area contributed by atoms with Crippen LogP contribution in [-0.4, -0.2) is 52.7 Å². The van der Waals surface area contributed by atoms with Crippen LogP contribution in [-0.2, 0) is 0 Å². The lowest BCUT2D eigenvalue weighted by molar-refractivity contribution is -0.328. The smallest absolute Gasteiger partial charge is 0.363 e. The van der Waals surface area contributed by atoms with E-state index in [9.17, 15) is 27.9 Å². The predicted molar refractivity (Wildman–Crippen MR) is 93.2 cm³/mol. The number of alkyl halides is 3. The van der Waals surface area contributed by atoms with Crippen molar-refractivity contribution >= 4 is 23.2 Å². The Labute approximate surface area is 157 Å². The van der Waals surface area contributed by atoms with Gasteiger partial charge in [0.05, 0.1) is 10.9 Å². The minimum Gasteiger partial charge on any atom is -0.363 e. The van der Waals surface area contributed by atoms with E-state index < -0.39 is 35.7 Å². The van der Waals surface area contributed by atoms with E-state index in [0.717, 1.165) is 23.3 Å². The van der Waals surface area contributed by atoms with Gasteiger partial charge in [0.2, 0.25) is 0 Å². The number of hydrogen-bond donors (Lipinski definition) is 1. The van der Waals surface area contributed by atoms with Gasteiger partial charge in [0.25, 0.3) is 5.72 Å². The predicted octanol–water partition coefficient (Wildman–Crippen LogP) is 3.54. The molecule has 1 N–H and O–H groups in total. The largest absolute Gasteiger partial charge is 0.437 e. The van der Waals surface area contributed by atoms with Crippen LogP contribution < -0.4 is 0 Å². The molecule has 1 aliphatic heterocycles. The Morgan fingerprint density at radius 1 is 1.15 bits per heavy atom. The molecule has 0 aliphatic carbocycles. The Hall–Kier alpha value is -2.39. The summed E-state index contributed by atoms with van der Waals surface area (Å²) in [7, 11) is 2.17. The van der Waals surface area contributed by atoms with E-state index in [-0.39, 0.29) is 9.78 Å². The number of amides is 2. The molecule has 1 aromatic carbocycles. The van der Waals surface area contributed by atoms with Gasteiger partial charge in [-0.2, -0.15) is 13.2 Å². The van der Waals surface area contributed by atoms with Gasteiger partial charge in [-0.25, -0.2) is 4.79 Å². The van der Waals surface area contributed by atoms with Crippen molar-refractivity contribution in [1.82, 2.24) is 9.80 Å². The normalized spacial score (nSPS) is 26.4. The molecular weight excluding hydrogens is 381 g/mol. The maximum atomic E-state index is 14.0. The van der Waals surface area contributed by atoms with E-state index in [0.29, 0.717) is 5.56 Å². The number of urea groups is 1. The van der Waals surface area contributed by atoms with Gasteiger partial charge in [0.1, 0.15) is 5.92 Å². The first-order chi connectivity index (χ1) is 12.6. The summed E-state index contributed by atoms with van der Waals surface area (Å²) in [5.74, 6) is -2.82. The van der Waals surface area contributed by atoms with E-state index in [1.165, 1.54) is 25.2 Å². The fourth-order valence-electron chi connectivity index (χ4n) is 3.48. The second-order valence-corrected chi connectivity index (χ2v) is 7.30. The van der Waals surface area contributed by atoms with Gasteiger partial charge in [-0.3, -0.25) is 9.69 Å². The minimum absolute atomic E-state index is 0.0831. The van der Waals surface area contributed by atoms with Crippen LogP contribution in [0.25, 0.3) is 0 Å². The molecule has 0 radical (unpaired) electrons. The number of carbonyl (C=O) groups excluding carboxylic acids is 2. The van der Waals surface area contributed by atoms with Gasteiger partial charge < -0.3 is 10.0 Å². The van der Waals surface area contributed by atoms with Gasteiger partial charge in [-0.15, -0.1) is 11.3 Å². The van der Waals surface area contributed by atoms with Gasteiger partial charge >= 0.3 is 12.2 Å². The SMILES string of the molecule is CN1C(=O)N(C)C(O)(C(F)(F)F)C(C(=O)c2cccs2)C1c1ccccc1. The van der Waals surface area contributed by atoms with Crippen molar-refractivity contribution < 1.29 is 27.9 Å². The molecule has 0 bridgehead atoms. The molecule has 3 unspecified atom stereocenters. The number of Topliss-reactive ketones (excluding diaryl/α,β-unsaturated/α-hetero) is 1. The average Bonchev–Trinajstić information content (AvgIpc) is 3.16. The van der Waals surface area contributed by atoms with E-state index in [1.54, 1.807) is 29.6 Å². The van der Waals surface area contributed by atoms with Crippen LogP contribution in [0.2, 0.25) is 0 Å². The quantitative estimate of drug-likeness (QED) is 0.805. The number of thiophene rings is 1. The Morgan fingerprint density at radius 2 is 1.78 bits per heavy atom. The first kappa shape index (κ1) is 19.4. The molecule has 144 valence electrons. The fraction of sp³-hybridized carbons (Fsp3) is 0.333. The minimum atomic E-state index is -5.23. The van der Waals surface area contributed by atoms with Crippen molar-refractivity contribution in [2.24, 2.45) is 5.92 Å². The standard InChI is InChI=1S/C18H17F3N2O3S/c1-22-14(11-7-4-3-5-8-11)13(15(24)12-9-6-10-27-12)17(26,18(19,20)21)23(2)16(22)25/h3-10,13-14,26H,1-2H3. The molecule has 1 saturated heterocycles. The molecule has 1 aromatic heterocycles. The number of benzene rings is 1. The van der Waals surface area contributed by atoms with E-state index in [4.69, 9.17) is 0 Å². The summed E-state index contributed by atoms with van der Waals surface area (Å²) in [5, 5.41) is 12.3. The summed E-state index contributed by atoms with van der Waals surface area (Å²) >= 11 is 0.987. The number of rotatable bonds is 3. The van der Waals surface area contributed by atoms with Crippen LogP contribution in [0.4, 0.5) is 18.0 Å². The molecule has 27 heavy (non-hydrogen) atoms. The second kappa shape index (κ2) is 6.65. The molecular formula is C18H17F3N2O3S. The van der Waals surface area contributed by atoms with Crippen molar-refractivity contribution in [3.8, 4) is 0 Å². The van der Waals surface area contributed by atoms with Crippen LogP contribution in [0.15, 0.2) is 47.8 Å². The molecule has 1 aliphatic rings. The zero-order valence-electron chi connectivity index (χ0n) is 14.5.